The van der Waals surface area contributed by atoms with Crippen LogP contribution in [-0.4, -0.2) is 39.7 Å². The number of hydrogen-bond donors (Lipinski definition) is 1. The van der Waals surface area contributed by atoms with Crippen molar-refractivity contribution in [1.82, 2.24) is 19.9 Å². The molecule has 1 amide bonds. The number of aryl methyl sites for hydroxylation is 1. The first-order valence-corrected chi connectivity index (χ1v) is 9.17. The Hall–Kier alpha value is -2.93. The molecule has 27 heavy (non-hydrogen) atoms. The molecule has 2 aliphatic rings. The standard InChI is InChI=1S/C20H20N4O3/c1-12-15-6-8-24(19(15)23-11-22-12)17-9-14(10-26-17)27-16-4-2-3-13-5-7-21-20(25)18(13)16/h2-4,6,8,11,14,17H,5,7,9-10H2,1H3,(H,21,25). The highest BCUT2D eigenvalue weighted by atomic mass is 16.6. The predicted molar refractivity (Wildman–Crippen MR) is 98.8 cm³/mol. The summed E-state index contributed by atoms with van der Waals surface area (Å²) in [6.07, 6.45) is 4.82. The number of aromatic nitrogens is 3. The number of rotatable bonds is 3. The van der Waals surface area contributed by atoms with E-state index in [4.69, 9.17) is 9.47 Å². The van der Waals surface area contributed by atoms with E-state index < -0.39 is 0 Å². The fraction of sp³-hybridized carbons (Fsp3) is 0.350. The lowest BCUT2D eigenvalue weighted by atomic mass is 9.99. The maximum absolute atomic E-state index is 12.3. The van der Waals surface area contributed by atoms with Crippen LogP contribution in [0.1, 0.15) is 34.3 Å². The lowest BCUT2D eigenvalue weighted by Crippen LogP contribution is -2.32. The van der Waals surface area contributed by atoms with Crippen molar-refractivity contribution in [1.29, 1.82) is 0 Å². The van der Waals surface area contributed by atoms with Crippen LogP contribution in [0.15, 0.2) is 36.8 Å². The summed E-state index contributed by atoms with van der Waals surface area (Å²) >= 11 is 0. The van der Waals surface area contributed by atoms with Crippen molar-refractivity contribution in [3.8, 4) is 5.75 Å². The van der Waals surface area contributed by atoms with Crippen LogP contribution in [0.25, 0.3) is 11.0 Å². The van der Waals surface area contributed by atoms with Crippen LogP contribution in [0.2, 0.25) is 0 Å². The Morgan fingerprint density at radius 1 is 1.30 bits per heavy atom. The van der Waals surface area contributed by atoms with E-state index in [-0.39, 0.29) is 18.2 Å². The Kier molecular flexibility index (Phi) is 3.82. The largest absolute Gasteiger partial charge is 0.487 e. The summed E-state index contributed by atoms with van der Waals surface area (Å²) in [6, 6.07) is 7.81. The minimum absolute atomic E-state index is 0.0640. The molecule has 1 saturated heterocycles. The highest BCUT2D eigenvalue weighted by Crippen LogP contribution is 2.32. The quantitative estimate of drug-likeness (QED) is 0.772. The van der Waals surface area contributed by atoms with Crippen molar-refractivity contribution in [2.45, 2.75) is 32.1 Å². The Labute approximate surface area is 156 Å². The maximum atomic E-state index is 12.3. The van der Waals surface area contributed by atoms with Crippen LogP contribution in [0.4, 0.5) is 0 Å². The molecule has 0 spiro atoms. The Morgan fingerprint density at radius 3 is 3.15 bits per heavy atom. The third-order valence-corrected chi connectivity index (χ3v) is 5.27. The number of nitrogens with one attached hydrogen (secondary N) is 1. The number of benzene rings is 1. The highest BCUT2D eigenvalue weighted by Gasteiger charge is 2.31. The molecule has 0 radical (unpaired) electrons. The molecule has 2 aliphatic heterocycles. The maximum Gasteiger partial charge on any atom is 0.255 e. The summed E-state index contributed by atoms with van der Waals surface area (Å²) < 4.78 is 14.2. The van der Waals surface area contributed by atoms with Gasteiger partial charge in [-0.05, 0) is 31.0 Å². The number of hydrogen-bond acceptors (Lipinski definition) is 5. The second-order valence-electron chi connectivity index (χ2n) is 6.98. The van der Waals surface area contributed by atoms with Gasteiger partial charge in [0.1, 0.15) is 30.1 Å². The number of carbonyl (C=O) groups excluding carboxylic acids is 1. The van der Waals surface area contributed by atoms with E-state index in [0.717, 1.165) is 28.7 Å². The van der Waals surface area contributed by atoms with Crippen molar-refractivity contribution >= 4 is 16.9 Å². The molecule has 7 heteroatoms. The van der Waals surface area contributed by atoms with Gasteiger partial charge in [-0.3, -0.25) is 4.79 Å². The Morgan fingerprint density at radius 2 is 2.22 bits per heavy atom. The fourth-order valence-corrected chi connectivity index (χ4v) is 3.90. The topological polar surface area (TPSA) is 78.3 Å². The van der Waals surface area contributed by atoms with E-state index in [2.05, 4.69) is 15.3 Å². The molecule has 1 aromatic carbocycles. The van der Waals surface area contributed by atoms with Crippen LogP contribution in [0.3, 0.4) is 0 Å². The van der Waals surface area contributed by atoms with Crippen LogP contribution in [0, 0.1) is 6.92 Å². The van der Waals surface area contributed by atoms with Gasteiger partial charge in [0.25, 0.3) is 5.91 Å². The lowest BCUT2D eigenvalue weighted by Gasteiger charge is -2.21. The predicted octanol–water partition coefficient (Wildman–Crippen LogP) is 2.39. The average molecular weight is 364 g/mol. The van der Waals surface area contributed by atoms with Gasteiger partial charge in [-0.25, -0.2) is 9.97 Å². The van der Waals surface area contributed by atoms with E-state index in [1.807, 2.05) is 42.0 Å². The van der Waals surface area contributed by atoms with Crippen molar-refractivity contribution in [2.24, 2.45) is 0 Å². The van der Waals surface area contributed by atoms with Gasteiger partial charge >= 0.3 is 0 Å². The number of ether oxygens (including phenoxy) is 2. The second kappa shape index (κ2) is 6.35. The van der Waals surface area contributed by atoms with Crippen LogP contribution < -0.4 is 10.1 Å². The van der Waals surface area contributed by atoms with Gasteiger partial charge in [0.2, 0.25) is 0 Å². The zero-order chi connectivity index (χ0) is 18.4. The third kappa shape index (κ3) is 2.75. The van der Waals surface area contributed by atoms with Gasteiger partial charge in [0, 0.05) is 24.5 Å². The molecule has 3 aromatic rings. The molecule has 1 fully saturated rings. The van der Waals surface area contributed by atoms with Crippen LogP contribution in [-0.2, 0) is 11.2 Å². The average Bonchev–Trinajstić information content (AvgIpc) is 3.29. The molecular weight excluding hydrogens is 344 g/mol. The zero-order valence-electron chi connectivity index (χ0n) is 15.0. The lowest BCUT2D eigenvalue weighted by molar-refractivity contribution is 0.0525. The van der Waals surface area contributed by atoms with Crippen molar-refractivity contribution in [3.63, 3.8) is 0 Å². The van der Waals surface area contributed by atoms with Crippen LogP contribution in [0.5, 0.6) is 5.75 Å². The van der Waals surface area contributed by atoms with Gasteiger partial charge in [0.15, 0.2) is 0 Å². The molecule has 138 valence electrons. The van der Waals surface area contributed by atoms with Crippen molar-refractivity contribution < 1.29 is 14.3 Å². The summed E-state index contributed by atoms with van der Waals surface area (Å²) in [5.41, 5.74) is 3.51. The molecule has 7 nitrogen and oxygen atoms in total. The molecule has 4 heterocycles. The molecule has 0 saturated carbocycles. The number of carbonyl (C=O) groups is 1. The third-order valence-electron chi connectivity index (χ3n) is 5.27. The van der Waals surface area contributed by atoms with E-state index in [0.29, 0.717) is 30.9 Å². The highest BCUT2D eigenvalue weighted by molar-refractivity contribution is 5.99. The van der Waals surface area contributed by atoms with E-state index in [1.54, 1.807) is 6.33 Å². The Bertz CT molecular complexity index is 1030. The molecule has 2 unspecified atom stereocenters. The van der Waals surface area contributed by atoms with Gasteiger partial charge < -0.3 is 19.4 Å². The van der Waals surface area contributed by atoms with E-state index >= 15 is 0 Å². The molecule has 0 bridgehead atoms. The Balaban J connectivity index is 1.38. The molecule has 2 aromatic heterocycles. The summed E-state index contributed by atoms with van der Waals surface area (Å²) in [6.45, 7) is 3.12. The first kappa shape index (κ1) is 16.3. The minimum atomic E-state index is -0.143. The van der Waals surface area contributed by atoms with Crippen molar-refractivity contribution in [3.05, 3.63) is 53.6 Å². The van der Waals surface area contributed by atoms with Crippen LogP contribution >= 0.6 is 0 Å². The molecule has 2 atom stereocenters. The van der Waals surface area contributed by atoms with Gasteiger partial charge in [-0.2, -0.15) is 0 Å². The zero-order valence-corrected chi connectivity index (χ0v) is 15.0. The normalized spacial score (nSPS) is 21.9. The van der Waals surface area contributed by atoms with E-state index in [9.17, 15) is 4.79 Å². The second-order valence-corrected chi connectivity index (χ2v) is 6.98. The van der Waals surface area contributed by atoms with Gasteiger partial charge in [-0.15, -0.1) is 0 Å². The molecular formula is C20H20N4O3. The molecule has 5 rings (SSSR count). The summed E-state index contributed by atoms with van der Waals surface area (Å²) in [5, 5.41) is 3.92. The minimum Gasteiger partial charge on any atom is -0.487 e. The van der Waals surface area contributed by atoms with Crippen molar-refractivity contribution in [2.75, 3.05) is 13.2 Å². The smallest absolute Gasteiger partial charge is 0.255 e. The van der Waals surface area contributed by atoms with E-state index in [1.165, 1.54) is 0 Å². The fourth-order valence-electron chi connectivity index (χ4n) is 3.90. The molecule has 1 N–H and O–H groups in total. The summed E-state index contributed by atoms with van der Waals surface area (Å²) in [5.74, 6) is 0.570. The monoisotopic (exact) mass is 364 g/mol. The van der Waals surface area contributed by atoms with Gasteiger partial charge in [-0.1, -0.05) is 12.1 Å². The number of fused-ring (bicyclic) bond motifs is 2. The number of nitrogens with zero attached hydrogens (tertiary/aromatic N) is 3. The first-order valence-electron chi connectivity index (χ1n) is 9.17. The SMILES string of the molecule is Cc1ncnc2c1ccn2C1CC(Oc2cccc3c2C(=O)NCC3)CO1. The summed E-state index contributed by atoms with van der Waals surface area (Å²) in [4.78, 5) is 20.9. The molecule has 0 aliphatic carbocycles. The summed E-state index contributed by atoms with van der Waals surface area (Å²) in [7, 11) is 0. The first-order chi connectivity index (χ1) is 13.2. The number of amides is 1. The van der Waals surface area contributed by atoms with Gasteiger partial charge in [0.05, 0.1) is 17.9 Å².